The van der Waals surface area contributed by atoms with Crippen molar-refractivity contribution in [1.29, 1.82) is 0 Å². The highest BCUT2D eigenvalue weighted by atomic mass is 32.1. The molecule has 142 valence electrons. The van der Waals surface area contributed by atoms with E-state index in [1.807, 2.05) is 19.2 Å². The molecule has 1 aromatic carbocycles. The van der Waals surface area contributed by atoms with E-state index in [1.54, 1.807) is 25.1 Å². The predicted octanol–water partition coefficient (Wildman–Crippen LogP) is 5.17. The van der Waals surface area contributed by atoms with Crippen molar-refractivity contribution in [3.05, 3.63) is 58.5 Å². The number of hydrogen-bond acceptors (Lipinski definition) is 6. The van der Waals surface area contributed by atoms with Gasteiger partial charge in [-0.25, -0.2) is 14.4 Å². The van der Waals surface area contributed by atoms with Crippen molar-refractivity contribution in [1.82, 2.24) is 15.1 Å². The molecular weight excluding hydrogens is 379 g/mol. The van der Waals surface area contributed by atoms with Crippen LogP contribution in [-0.4, -0.2) is 21.0 Å². The molecule has 0 atom stereocenters. The van der Waals surface area contributed by atoms with Gasteiger partial charge in [0.05, 0.1) is 22.3 Å². The SMILES string of the molecule is Cc1noc2nc(C(C)C)cc(C(=O)Nc3nc(-c4ccc(F)cc4)cs3)c12. The van der Waals surface area contributed by atoms with Gasteiger partial charge in [-0.15, -0.1) is 11.3 Å². The second-order valence-corrected chi connectivity index (χ2v) is 7.55. The molecule has 0 unspecified atom stereocenters. The Morgan fingerprint density at radius 1 is 1.21 bits per heavy atom. The molecule has 0 aliphatic heterocycles. The van der Waals surface area contributed by atoms with Gasteiger partial charge >= 0.3 is 0 Å². The number of rotatable bonds is 4. The summed E-state index contributed by atoms with van der Waals surface area (Å²) >= 11 is 1.30. The first-order chi connectivity index (χ1) is 13.4. The van der Waals surface area contributed by atoms with Gasteiger partial charge in [-0.1, -0.05) is 19.0 Å². The molecule has 0 fully saturated rings. The van der Waals surface area contributed by atoms with E-state index >= 15 is 0 Å². The number of nitrogens with zero attached hydrogens (tertiary/aromatic N) is 3. The van der Waals surface area contributed by atoms with E-state index in [0.717, 1.165) is 11.3 Å². The van der Waals surface area contributed by atoms with Crippen LogP contribution in [0.25, 0.3) is 22.4 Å². The van der Waals surface area contributed by atoms with Crippen LogP contribution in [0.3, 0.4) is 0 Å². The van der Waals surface area contributed by atoms with E-state index in [-0.39, 0.29) is 17.6 Å². The predicted molar refractivity (Wildman–Crippen MR) is 106 cm³/mol. The number of carbonyl (C=O) groups excluding carboxylic acids is 1. The van der Waals surface area contributed by atoms with Crippen molar-refractivity contribution in [3.8, 4) is 11.3 Å². The number of nitrogens with one attached hydrogen (secondary N) is 1. The summed E-state index contributed by atoms with van der Waals surface area (Å²) in [7, 11) is 0. The van der Waals surface area contributed by atoms with E-state index in [9.17, 15) is 9.18 Å². The van der Waals surface area contributed by atoms with Gasteiger partial charge in [-0.2, -0.15) is 0 Å². The number of halogens is 1. The third-order valence-corrected chi connectivity index (χ3v) is 5.10. The molecule has 1 amide bonds. The lowest BCUT2D eigenvalue weighted by atomic mass is 10.0. The zero-order chi connectivity index (χ0) is 19.8. The third-order valence-electron chi connectivity index (χ3n) is 4.34. The summed E-state index contributed by atoms with van der Waals surface area (Å²) in [5.74, 6) is -0.480. The highest BCUT2D eigenvalue weighted by Crippen LogP contribution is 2.28. The lowest BCUT2D eigenvalue weighted by Crippen LogP contribution is -2.13. The van der Waals surface area contributed by atoms with Crippen molar-refractivity contribution in [2.24, 2.45) is 0 Å². The van der Waals surface area contributed by atoms with E-state index in [1.165, 1.54) is 23.5 Å². The standard InChI is InChI=1S/C20H17FN4O2S/c1-10(2)15-8-14(17-11(3)25-27-19(17)22-15)18(26)24-20-23-16(9-28-20)12-4-6-13(21)7-5-12/h4-10H,1-3H3,(H,23,24,26). The van der Waals surface area contributed by atoms with Crippen LogP contribution in [0.1, 0.15) is 41.5 Å². The summed E-state index contributed by atoms with van der Waals surface area (Å²) in [5, 5.41) is 9.63. The number of fused-ring (bicyclic) bond motifs is 1. The van der Waals surface area contributed by atoms with Gasteiger partial charge in [0.2, 0.25) is 0 Å². The number of pyridine rings is 1. The Balaban J connectivity index is 1.66. The normalized spacial score (nSPS) is 11.3. The van der Waals surface area contributed by atoms with Gasteiger partial charge in [0.15, 0.2) is 5.13 Å². The monoisotopic (exact) mass is 396 g/mol. The molecule has 3 aromatic heterocycles. The third kappa shape index (κ3) is 3.38. The maximum absolute atomic E-state index is 13.1. The molecule has 3 heterocycles. The van der Waals surface area contributed by atoms with Crippen molar-refractivity contribution in [3.63, 3.8) is 0 Å². The molecule has 8 heteroatoms. The largest absolute Gasteiger partial charge is 0.336 e. The average Bonchev–Trinajstić information content (AvgIpc) is 3.28. The van der Waals surface area contributed by atoms with E-state index in [4.69, 9.17) is 4.52 Å². The topological polar surface area (TPSA) is 80.9 Å². The number of thiazole rings is 1. The highest BCUT2D eigenvalue weighted by molar-refractivity contribution is 7.14. The second kappa shape index (κ2) is 7.12. The Bertz CT molecular complexity index is 1160. The first-order valence-corrected chi connectivity index (χ1v) is 9.60. The minimum absolute atomic E-state index is 0.131. The maximum atomic E-state index is 13.1. The molecule has 0 saturated heterocycles. The molecule has 0 aliphatic carbocycles. The second-order valence-electron chi connectivity index (χ2n) is 6.70. The van der Waals surface area contributed by atoms with Gasteiger partial charge in [-0.3, -0.25) is 10.1 Å². The number of aromatic nitrogens is 3. The first-order valence-electron chi connectivity index (χ1n) is 8.72. The van der Waals surface area contributed by atoms with Crippen LogP contribution < -0.4 is 5.32 Å². The first kappa shape index (κ1) is 18.2. The Kier molecular flexibility index (Phi) is 4.64. The summed E-state index contributed by atoms with van der Waals surface area (Å²) in [6, 6.07) is 7.82. The Morgan fingerprint density at radius 2 is 1.96 bits per heavy atom. The van der Waals surface area contributed by atoms with Crippen molar-refractivity contribution < 1.29 is 13.7 Å². The summed E-state index contributed by atoms with van der Waals surface area (Å²) in [6.45, 7) is 5.76. The Hall–Kier alpha value is -3.13. The van der Waals surface area contributed by atoms with Crippen LogP contribution in [0.4, 0.5) is 9.52 Å². The molecule has 4 aromatic rings. The number of hydrogen-bond donors (Lipinski definition) is 1. The van der Waals surface area contributed by atoms with E-state index < -0.39 is 0 Å². The number of carbonyl (C=O) groups is 1. The maximum Gasteiger partial charge on any atom is 0.259 e. The molecule has 0 radical (unpaired) electrons. The molecule has 0 bridgehead atoms. The number of benzene rings is 1. The Labute approximate surface area is 164 Å². The van der Waals surface area contributed by atoms with Crippen molar-refractivity contribution in [2.75, 3.05) is 5.32 Å². The Morgan fingerprint density at radius 3 is 2.68 bits per heavy atom. The van der Waals surface area contributed by atoms with Crippen molar-refractivity contribution in [2.45, 2.75) is 26.7 Å². The van der Waals surface area contributed by atoms with Gasteiger partial charge in [0.25, 0.3) is 11.6 Å². The molecule has 6 nitrogen and oxygen atoms in total. The summed E-state index contributed by atoms with van der Waals surface area (Å²) in [4.78, 5) is 21.8. The zero-order valence-electron chi connectivity index (χ0n) is 15.5. The summed E-state index contributed by atoms with van der Waals surface area (Å²) in [6.07, 6.45) is 0. The van der Waals surface area contributed by atoms with Crippen LogP contribution in [0.15, 0.2) is 40.2 Å². The van der Waals surface area contributed by atoms with Gasteiger partial charge in [0, 0.05) is 16.6 Å². The number of aryl methyl sites for hydroxylation is 1. The van der Waals surface area contributed by atoms with Crippen LogP contribution in [-0.2, 0) is 0 Å². The lowest BCUT2D eigenvalue weighted by Gasteiger charge is -2.08. The fraction of sp³-hybridized carbons (Fsp3) is 0.200. The fourth-order valence-electron chi connectivity index (χ4n) is 2.84. The van der Waals surface area contributed by atoms with Crippen LogP contribution in [0, 0.1) is 12.7 Å². The minimum Gasteiger partial charge on any atom is -0.336 e. The molecule has 0 saturated carbocycles. The number of anilines is 1. The van der Waals surface area contributed by atoms with Gasteiger partial charge in [-0.05, 0) is 43.2 Å². The number of amides is 1. The van der Waals surface area contributed by atoms with E-state index in [2.05, 4.69) is 20.4 Å². The van der Waals surface area contributed by atoms with Crippen molar-refractivity contribution >= 4 is 33.5 Å². The van der Waals surface area contributed by atoms with Crippen LogP contribution in [0.2, 0.25) is 0 Å². The summed E-state index contributed by atoms with van der Waals surface area (Å²) < 4.78 is 18.4. The molecular formula is C20H17FN4O2S. The average molecular weight is 396 g/mol. The summed E-state index contributed by atoms with van der Waals surface area (Å²) in [5.41, 5.74) is 3.60. The van der Waals surface area contributed by atoms with Crippen LogP contribution in [0.5, 0.6) is 0 Å². The van der Waals surface area contributed by atoms with Crippen LogP contribution >= 0.6 is 11.3 Å². The smallest absolute Gasteiger partial charge is 0.259 e. The van der Waals surface area contributed by atoms with E-state index in [0.29, 0.717) is 33.2 Å². The highest BCUT2D eigenvalue weighted by Gasteiger charge is 2.20. The van der Waals surface area contributed by atoms with Gasteiger partial charge in [0.1, 0.15) is 5.82 Å². The van der Waals surface area contributed by atoms with Gasteiger partial charge < -0.3 is 4.52 Å². The molecule has 0 spiro atoms. The minimum atomic E-state index is -0.306. The molecule has 28 heavy (non-hydrogen) atoms. The molecule has 1 N–H and O–H groups in total. The quantitative estimate of drug-likeness (QED) is 0.515. The lowest BCUT2D eigenvalue weighted by molar-refractivity contribution is 0.102. The molecule has 4 rings (SSSR count). The fourth-order valence-corrected chi connectivity index (χ4v) is 3.55. The molecule has 0 aliphatic rings. The zero-order valence-corrected chi connectivity index (χ0v) is 16.3.